The van der Waals surface area contributed by atoms with E-state index in [2.05, 4.69) is 77.1 Å². The summed E-state index contributed by atoms with van der Waals surface area (Å²) >= 11 is 0. The minimum Gasteiger partial charge on any atom is -0.248 e. The third kappa shape index (κ3) is 5.26. The van der Waals surface area contributed by atoms with E-state index >= 15 is 0 Å². The molecule has 0 aliphatic carbocycles. The van der Waals surface area contributed by atoms with Crippen molar-refractivity contribution in [2.45, 2.75) is 79.6 Å². The van der Waals surface area contributed by atoms with Crippen LogP contribution in [0.4, 0.5) is 0 Å². The molecule has 0 saturated heterocycles. The Labute approximate surface area is 177 Å². The van der Waals surface area contributed by atoms with Crippen LogP contribution in [0.2, 0.25) is 0 Å². The fourth-order valence-electron chi connectivity index (χ4n) is 4.40. The lowest BCUT2D eigenvalue weighted by Gasteiger charge is -2.15. The van der Waals surface area contributed by atoms with Crippen LogP contribution in [0.5, 0.6) is 0 Å². The van der Waals surface area contributed by atoms with Gasteiger partial charge in [-0.1, -0.05) is 76.3 Å². The molecule has 1 nitrogen and oxygen atoms in total. The zero-order valence-electron chi connectivity index (χ0n) is 19.0. The van der Waals surface area contributed by atoms with Gasteiger partial charge in [-0.25, -0.2) is 4.98 Å². The van der Waals surface area contributed by atoms with Crippen LogP contribution < -0.4 is 0 Å². The minimum absolute atomic E-state index is 0.723. The number of fused-ring (bicyclic) bond motifs is 1. The van der Waals surface area contributed by atoms with Gasteiger partial charge in [0.1, 0.15) is 0 Å². The van der Waals surface area contributed by atoms with Gasteiger partial charge in [0.15, 0.2) is 0 Å². The lowest BCUT2D eigenvalue weighted by molar-refractivity contribution is 0.505. The summed E-state index contributed by atoms with van der Waals surface area (Å²) in [4.78, 5) is 5.10. The molecule has 0 aliphatic heterocycles. The fraction of sp³-hybridized carbons (Fsp3) is 0.464. The van der Waals surface area contributed by atoms with Crippen molar-refractivity contribution in [1.29, 1.82) is 0 Å². The van der Waals surface area contributed by atoms with Gasteiger partial charge in [0.05, 0.1) is 11.2 Å². The Morgan fingerprint density at radius 3 is 2.45 bits per heavy atom. The van der Waals surface area contributed by atoms with Crippen LogP contribution in [0.25, 0.3) is 22.2 Å². The zero-order valence-corrected chi connectivity index (χ0v) is 19.0. The summed E-state index contributed by atoms with van der Waals surface area (Å²) in [6.07, 6.45) is 8.68. The largest absolute Gasteiger partial charge is 0.248 e. The van der Waals surface area contributed by atoms with E-state index in [9.17, 15) is 0 Å². The smallest absolute Gasteiger partial charge is 0.0712 e. The average Bonchev–Trinajstić information content (AvgIpc) is 2.72. The van der Waals surface area contributed by atoms with Gasteiger partial charge >= 0.3 is 0 Å². The molecule has 154 valence electrons. The molecule has 3 aromatic rings. The number of rotatable bonds is 9. The van der Waals surface area contributed by atoms with Gasteiger partial charge in [0, 0.05) is 10.9 Å². The molecule has 0 fully saturated rings. The summed E-state index contributed by atoms with van der Waals surface area (Å²) < 4.78 is 0. The van der Waals surface area contributed by atoms with Gasteiger partial charge in [0.2, 0.25) is 0 Å². The van der Waals surface area contributed by atoms with Crippen molar-refractivity contribution >= 4 is 10.9 Å². The Morgan fingerprint density at radius 2 is 1.69 bits per heavy atom. The average molecular weight is 388 g/mol. The summed E-state index contributed by atoms with van der Waals surface area (Å²) in [5.41, 5.74) is 9.15. The number of unbranched alkanes of at least 4 members (excludes halogenated alkanes) is 2. The van der Waals surface area contributed by atoms with Crippen LogP contribution in [0.3, 0.4) is 0 Å². The van der Waals surface area contributed by atoms with Gasteiger partial charge < -0.3 is 0 Å². The predicted molar refractivity (Wildman–Crippen MR) is 128 cm³/mol. The molecule has 0 bridgehead atoms. The van der Waals surface area contributed by atoms with E-state index in [1.54, 1.807) is 0 Å². The molecule has 29 heavy (non-hydrogen) atoms. The first-order valence-corrected chi connectivity index (χ1v) is 11.5. The van der Waals surface area contributed by atoms with Crippen molar-refractivity contribution in [2.75, 3.05) is 0 Å². The molecule has 3 rings (SSSR count). The maximum absolute atomic E-state index is 5.10. The van der Waals surface area contributed by atoms with Crippen LogP contribution >= 0.6 is 0 Å². The first-order chi connectivity index (χ1) is 14.0. The summed E-state index contributed by atoms with van der Waals surface area (Å²) in [5, 5.41) is 1.32. The Morgan fingerprint density at radius 1 is 0.897 bits per heavy atom. The molecule has 1 heterocycles. The molecule has 1 aromatic heterocycles. The molecule has 1 unspecified atom stereocenters. The highest BCUT2D eigenvalue weighted by Crippen LogP contribution is 2.30. The second kappa shape index (κ2) is 10.1. The van der Waals surface area contributed by atoms with Gasteiger partial charge in [-0.3, -0.25) is 0 Å². The number of hydrogen-bond acceptors (Lipinski definition) is 1. The SMILES string of the molecule is CCCCc1cc(C)cc(-c2ccc3c(CC(C)CCCC)cccc3n2)c1C. The molecule has 0 radical (unpaired) electrons. The van der Waals surface area contributed by atoms with Gasteiger partial charge in [0.25, 0.3) is 0 Å². The van der Waals surface area contributed by atoms with Crippen molar-refractivity contribution in [3.8, 4) is 11.3 Å². The normalized spacial score (nSPS) is 12.4. The first kappa shape index (κ1) is 21.6. The monoisotopic (exact) mass is 387 g/mol. The quantitative estimate of drug-likeness (QED) is 0.360. The van der Waals surface area contributed by atoms with Gasteiger partial charge in [-0.15, -0.1) is 0 Å². The van der Waals surface area contributed by atoms with Crippen molar-refractivity contribution < 1.29 is 0 Å². The van der Waals surface area contributed by atoms with Crippen LogP contribution in [0, 0.1) is 19.8 Å². The minimum atomic E-state index is 0.723. The highest BCUT2D eigenvalue weighted by molar-refractivity contribution is 5.85. The van der Waals surface area contributed by atoms with E-state index in [0.29, 0.717) is 0 Å². The molecule has 1 atom stereocenters. The number of pyridine rings is 1. The zero-order chi connectivity index (χ0) is 20.8. The highest BCUT2D eigenvalue weighted by Gasteiger charge is 2.12. The van der Waals surface area contributed by atoms with Gasteiger partial charge in [-0.05, 0) is 73.9 Å². The molecule has 0 saturated carbocycles. The summed E-state index contributed by atoms with van der Waals surface area (Å²) in [5.74, 6) is 0.723. The number of benzene rings is 2. The van der Waals surface area contributed by atoms with Crippen molar-refractivity contribution in [2.24, 2.45) is 5.92 Å². The molecular formula is C28H37N. The Hall–Kier alpha value is -2.15. The number of nitrogens with zero attached hydrogens (tertiary/aromatic N) is 1. The van der Waals surface area contributed by atoms with Crippen LogP contribution in [-0.2, 0) is 12.8 Å². The maximum Gasteiger partial charge on any atom is 0.0712 e. The maximum atomic E-state index is 5.10. The summed E-state index contributed by atoms with van der Waals surface area (Å²) in [6, 6.07) is 15.8. The standard InChI is InChI=1S/C28H37N/c1-6-8-11-20(3)17-24-13-10-14-27-25(24)15-16-28(29-27)26-19-21(4)18-23(22(26)5)12-9-7-2/h10,13-16,18-20H,6-9,11-12,17H2,1-5H3. The first-order valence-electron chi connectivity index (χ1n) is 11.5. The molecule has 1 heteroatoms. The second-order valence-electron chi connectivity index (χ2n) is 8.83. The Balaban J connectivity index is 1.96. The van der Waals surface area contributed by atoms with Crippen molar-refractivity contribution in [3.05, 3.63) is 64.7 Å². The molecule has 0 aliphatic rings. The van der Waals surface area contributed by atoms with Crippen LogP contribution in [-0.4, -0.2) is 4.98 Å². The van der Waals surface area contributed by atoms with E-state index in [4.69, 9.17) is 4.98 Å². The number of hydrogen-bond donors (Lipinski definition) is 0. The lowest BCUT2D eigenvalue weighted by atomic mass is 9.92. The lowest BCUT2D eigenvalue weighted by Crippen LogP contribution is -2.01. The van der Waals surface area contributed by atoms with Crippen LogP contribution in [0.1, 0.15) is 75.1 Å². The molecular weight excluding hydrogens is 350 g/mol. The number of aromatic nitrogens is 1. The number of aryl methyl sites for hydroxylation is 2. The van der Waals surface area contributed by atoms with Crippen molar-refractivity contribution in [1.82, 2.24) is 4.98 Å². The van der Waals surface area contributed by atoms with E-state index in [1.165, 1.54) is 65.3 Å². The van der Waals surface area contributed by atoms with Gasteiger partial charge in [-0.2, -0.15) is 0 Å². The third-order valence-corrected chi connectivity index (χ3v) is 6.18. The van der Waals surface area contributed by atoms with Crippen molar-refractivity contribution in [3.63, 3.8) is 0 Å². The van der Waals surface area contributed by atoms with E-state index in [1.807, 2.05) is 0 Å². The molecule has 0 spiro atoms. The third-order valence-electron chi connectivity index (χ3n) is 6.18. The highest BCUT2D eigenvalue weighted by atomic mass is 14.7. The molecule has 0 N–H and O–H groups in total. The van der Waals surface area contributed by atoms with Crippen LogP contribution in [0.15, 0.2) is 42.5 Å². The molecule has 0 amide bonds. The van der Waals surface area contributed by atoms with E-state index in [0.717, 1.165) is 30.0 Å². The summed E-state index contributed by atoms with van der Waals surface area (Å²) in [6.45, 7) is 11.4. The fourth-order valence-corrected chi connectivity index (χ4v) is 4.40. The summed E-state index contributed by atoms with van der Waals surface area (Å²) in [7, 11) is 0. The van der Waals surface area contributed by atoms with E-state index in [-0.39, 0.29) is 0 Å². The topological polar surface area (TPSA) is 12.9 Å². The molecule has 2 aromatic carbocycles. The predicted octanol–water partition coefficient (Wildman–Crippen LogP) is 8.23. The van der Waals surface area contributed by atoms with E-state index < -0.39 is 0 Å². The second-order valence-corrected chi connectivity index (χ2v) is 8.83. The Kier molecular flexibility index (Phi) is 7.47. The Bertz CT molecular complexity index is 954.